The molecule has 3 rings (SSSR count). The number of hydrogen-bond donors (Lipinski definition) is 1. The minimum absolute atomic E-state index is 0.169. The van der Waals surface area contributed by atoms with Gasteiger partial charge in [-0.25, -0.2) is 14.2 Å². The van der Waals surface area contributed by atoms with Gasteiger partial charge in [-0.2, -0.15) is 0 Å². The highest BCUT2D eigenvalue weighted by molar-refractivity contribution is 5.74. The van der Waals surface area contributed by atoms with Crippen LogP contribution >= 0.6 is 0 Å². The summed E-state index contributed by atoms with van der Waals surface area (Å²) in [6.45, 7) is 3.57. The molecule has 2 aromatic rings. The van der Waals surface area contributed by atoms with Crippen LogP contribution in [-0.2, 0) is 13.1 Å². The zero-order chi connectivity index (χ0) is 17.0. The molecule has 0 saturated carbocycles. The predicted molar refractivity (Wildman–Crippen MR) is 90.3 cm³/mol. The second-order valence-electron chi connectivity index (χ2n) is 6.65. The van der Waals surface area contributed by atoms with E-state index in [1.54, 1.807) is 24.3 Å². The first-order chi connectivity index (χ1) is 11.5. The van der Waals surface area contributed by atoms with E-state index < -0.39 is 5.67 Å². The molecule has 2 amide bonds. The van der Waals surface area contributed by atoms with Crippen LogP contribution in [0.5, 0.6) is 0 Å². The number of imidazole rings is 1. The lowest BCUT2D eigenvalue weighted by Crippen LogP contribution is -2.49. The van der Waals surface area contributed by atoms with Crippen molar-refractivity contribution in [1.82, 2.24) is 19.8 Å². The van der Waals surface area contributed by atoms with Crippen LogP contribution in [0.1, 0.15) is 30.9 Å². The van der Waals surface area contributed by atoms with Gasteiger partial charge in [-0.15, -0.1) is 0 Å². The molecule has 6 heteroatoms. The smallest absolute Gasteiger partial charge is 0.317 e. The summed E-state index contributed by atoms with van der Waals surface area (Å²) in [7, 11) is 0. The summed E-state index contributed by atoms with van der Waals surface area (Å²) in [6, 6.07) is 7.90. The first kappa shape index (κ1) is 16.5. The molecule has 1 unspecified atom stereocenters. The number of benzene rings is 1. The summed E-state index contributed by atoms with van der Waals surface area (Å²) < 4.78 is 16.0. The Kier molecular flexibility index (Phi) is 4.83. The van der Waals surface area contributed by atoms with Gasteiger partial charge in [-0.3, -0.25) is 0 Å². The monoisotopic (exact) mass is 330 g/mol. The average Bonchev–Trinajstić information content (AvgIpc) is 3.06. The maximum absolute atomic E-state index is 14.0. The summed E-state index contributed by atoms with van der Waals surface area (Å²) in [5, 5.41) is 2.88. The third-order valence-electron chi connectivity index (χ3n) is 4.32. The Hall–Kier alpha value is -2.37. The van der Waals surface area contributed by atoms with Crippen LogP contribution in [-0.4, -0.2) is 39.2 Å². The van der Waals surface area contributed by atoms with Gasteiger partial charge >= 0.3 is 6.03 Å². The maximum atomic E-state index is 14.0. The lowest BCUT2D eigenvalue weighted by Gasteiger charge is -2.35. The highest BCUT2D eigenvalue weighted by Crippen LogP contribution is 2.24. The number of piperidine rings is 1. The molecule has 1 N–H and O–H groups in total. The van der Waals surface area contributed by atoms with Crippen LogP contribution in [0.3, 0.4) is 0 Å². The molecular formula is C18H23FN4O. The lowest BCUT2D eigenvalue weighted by molar-refractivity contribution is 0.0763. The van der Waals surface area contributed by atoms with Crippen molar-refractivity contribution < 1.29 is 9.18 Å². The van der Waals surface area contributed by atoms with Gasteiger partial charge in [-0.05, 0) is 30.9 Å². The van der Waals surface area contributed by atoms with Gasteiger partial charge < -0.3 is 14.8 Å². The first-order valence-corrected chi connectivity index (χ1v) is 8.27. The summed E-state index contributed by atoms with van der Waals surface area (Å²) in [6.07, 6.45) is 6.70. The molecule has 0 radical (unpaired) electrons. The third kappa shape index (κ3) is 4.34. The molecule has 0 bridgehead atoms. The number of hydrogen-bond acceptors (Lipinski definition) is 2. The Bertz CT molecular complexity index is 667. The number of amides is 2. The number of rotatable bonds is 4. The van der Waals surface area contributed by atoms with Crippen molar-refractivity contribution in [2.75, 3.05) is 13.1 Å². The van der Waals surface area contributed by atoms with Gasteiger partial charge in [0.25, 0.3) is 0 Å². The number of nitrogens with zero attached hydrogens (tertiary/aromatic N) is 3. The van der Waals surface area contributed by atoms with Gasteiger partial charge in [0, 0.05) is 32.0 Å². The van der Waals surface area contributed by atoms with Crippen molar-refractivity contribution >= 4 is 6.03 Å². The van der Waals surface area contributed by atoms with Crippen LogP contribution in [0, 0.1) is 0 Å². The number of halogens is 1. The van der Waals surface area contributed by atoms with Crippen LogP contribution < -0.4 is 5.32 Å². The van der Waals surface area contributed by atoms with Gasteiger partial charge in [-0.1, -0.05) is 24.3 Å². The number of carbonyl (C=O) groups is 1. The fourth-order valence-corrected chi connectivity index (χ4v) is 3.01. The largest absolute Gasteiger partial charge is 0.334 e. The number of aromatic nitrogens is 2. The van der Waals surface area contributed by atoms with E-state index >= 15 is 0 Å². The van der Waals surface area contributed by atoms with E-state index in [4.69, 9.17) is 0 Å². The maximum Gasteiger partial charge on any atom is 0.317 e. The molecule has 24 heavy (non-hydrogen) atoms. The summed E-state index contributed by atoms with van der Waals surface area (Å²) >= 11 is 0. The molecule has 1 fully saturated rings. The second kappa shape index (κ2) is 7.03. The molecule has 5 nitrogen and oxygen atoms in total. The minimum Gasteiger partial charge on any atom is -0.334 e. The van der Waals surface area contributed by atoms with E-state index in [1.165, 1.54) is 5.56 Å². The normalized spacial score (nSPS) is 20.8. The Labute approximate surface area is 141 Å². The standard InChI is InChI=1S/C18H23FN4O/c1-18(19)7-2-9-23(13-18)17(24)21-11-15-3-5-16(6-4-15)12-22-10-8-20-14-22/h3-6,8,10,14H,2,7,9,11-13H2,1H3,(H,21,24). The summed E-state index contributed by atoms with van der Waals surface area (Å²) in [5.74, 6) is 0. The fourth-order valence-electron chi connectivity index (χ4n) is 3.01. The predicted octanol–water partition coefficient (Wildman–Crippen LogP) is 2.97. The molecule has 0 aliphatic carbocycles. The van der Waals surface area contributed by atoms with E-state index in [1.807, 2.05) is 35.0 Å². The van der Waals surface area contributed by atoms with E-state index in [9.17, 15) is 9.18 Å². The molecule has 0 spiro atoms. The van der Waals surface area contributed by atoms with Crippen molar-refractivity contribution in [2.45, 2.75) is 38.5 Å². The van der Waals surface area contributed by atoms with E-state index in [0.717, 1.165) is 12.1 Å². The number of alkyl halides is 1. The summed E-state index contributed by atoms with van der Waals surface area (Å²) in [4.78, 5) is 17.8. The molecule has 1 aromatic carbocycles. The van der Waals surface area contributed by atoms with Crippen molar-refractivity contribution in [2.24, 2.45) is 0 Å². The van der Waals surface area contributed by atoms with Crippen LogP contribution in [0.25, 0.3) is 0 Å². The Balaban J connectivity index is 1.50. The summed E-state index contributed by atoms with van der Waals surface area (Å²) in [5.41, 5.74) is 0.926. The zero-order valence-electron chi connectivity index (χ0n) is 13.9. The van der Waals surface area contributed by atoms with Gasteiger partial charge in [0.05, 0.1) is 12.9 Å². The number of carbonyl (C=O) groups excluding carboxylic acids is 1. The van der Waals surface area contributed by atoms with E-state index in [-0.39, 0.29) is 12.6 Å². The molecule has 1 aliphatic heterocycles. The average molecular weight is 330 g/mol. The van der Waals surface area contributed by atoms with Crippen LogP contribution in [0.2, 0.25) is 0 Å². The third-order valence-corrected chi connectivity index (χ3v) is 4.32. The Morgan fingerprint density at radius 1 is 1.33 bits per heavy atom. The fraction of sp³-hybridized carbons (Fsp3) is 0.444. The quantitative estimate of drug-likeness (QED) is 0.937. The SMILES string of the molecule is CC1(F)CCCN(C(=O)NCc2ccc(Cn3ccnc3)cc2)C1. The van der Waals surface area contributed by atoms with Crippen LogP contribution in [0.15, 0.2) is 43.0 Å². The minimum atomic E-state index is -1.27. The van der Waals surface area contributed by atoms with E-state index in [0.29, 0.717) is 25.9 Å². The van der Waals surface area contributed by atoms with Gasteiger partial charge in [0.1, 0.15) is 5.67 Å². The van der Waals surface area contributed by atoms with Crippen molar-refractivity contribution in [1.29, 1.82) is 0 Å². The molecule has 1 aliphatic rings. The van der Waals surface area contributed by atoms with Crippen molar-refractivity contribution in [3.05, 3.63) is 54.1 Å². The highest BCUT2D eigenvalue weighted by atomic mass is 19.1. The highest BCUT2D eigenvalue weighted by Gasteiger charge is 2.32. The molecule has 128 valence electrons. The first-order valence-electron chi connectivity index (χ1n) is 8.27. The molecule has 1 saturated heterocycles. The van der Waals surface area contributed by atoms with Crippen molar-refractivity contribution in [3.63, 3.8) is 0 Å². The topological polar surface area (TPSA) is 50.2 Å². The molecule has 1 aromatic heterocycles. The van der Waals surface area contributed by atoms with Gasteiger partial charge in [0.15, 0.2) is 0 Å². The second-order valence-corrected chi connectivity index (χ2v) is 6.65. The van der Waals surface area contributed by atoms with Crippen LogP contribution in [0.4, 0.5) is 9.18 Å². The molecule has 2 heterocycles. The van der Waals surface area contributed by atoms with Gasteiger partial charge in [0.2, 0.25) is 0 Å². The number of nitrogens with one attached hydrogen (secondary N) is 1. The molecule has 1 atom stereocenters. The number of likely N-dealkylation sites (tertiary alicyclic amines) is 1. The molecular weight excluding hydrogens is 307 g/mol. The Morgan fingerprint density at radius 3 is 2.75 bits per heavy atom. The van der Waals surface area contributed by atoms with E-state index in [2.05, 4.69) is 10.3 Å². The Morgan fingerprint density at radius 2 is 2.08 bits per heavy atom. The van der Waals surface area contributed by atoms with Crippen molar-refractivity contribution in [3.8, 4) is 0 Å². The lowest BCUT2D eigenvalue weighted by atomic mass is 9.97. The number of urea groups is 1. The zero-order valence-corrected chi connectivity index (χ0v) is 13.9.